The summed E-state index contributed by atoms with van der Waals surface area (Å²) in [6.07, 6.45) is 2.20. The van der Waals surface area contributed by atoms with E-state index in [1.54, 1.807) is 19.2 Å². The van der Waals surface area contributed by atoms with Crippen LogP contribution in [0, 0.1) is 5.92 Å². The Hall–Kier alpha value is -2.08. The van der Waals surface area contributed by atoms with Crippen molar-refractivity contribution in [3.8, 4) is 5.75 Å². The van der Waals surface area contributed by atoms with E-state index < -0.39 is 0 Å². The SMILES string of the molecule is COc1ccccc1NC(=O)CN1CC(C(=O)NC2CC2)C1. The molecule has 2 aliphatic rings. The minimum Gasteiger partial charge on any atom is -0.495 e. The molecule has 0 unspecified atom stereocenters. The number of likely N-dealkylation sites (tertiary alicyclic amines) is 1. The number of para-hydroxylation sites is 2. The first kappa shape index (κ1) is 14.8. The molecule has 118 valence electrons. The van der Waals surface area contributed by atoms with E-state index in [2.05, 4.69) is 10.6 Å². The quantitative estimate of drug-likeness (QED) is 0.817. The van der Waals surface area contributed by atoms with Gasteiger partial charge in [0.2, 0.25) is 11.8 Å². The van der Waals surface area contributed by atoms with Crippen molar-refractivity contribution in [2.45, 2.75) is 18.9 Å². The normalized spacial score (nSPS) is 18.4. The van der Waals surface area contributed by atoms with Crippen LogP contribution < -0.4 is 15.4 Å². The third-order valence-electron chi connectivity index (χ3n) is 4.00. The average Bonchev–Trinajstić information content (AvgIpc) is 3.26. The Morgan fingerprint density at radius 1 is 1.27 bits per heavy atom. The van der Waals surface area contributed by atoms with Gasteiger partial charge < -0.3 is 15.4 Å². The highest BCUT2D eigenvalue weighted by atomic mass is 16.5. The number of nitrogens with one attached hydrogen (secondary N) is 2. The van der Waals surface area contributed by atoms with Crippen LogP contribution in [-0.4, -0.2) is 49.5 Å². The van der Waals surface area contributed by atoms with Gasteiger partial charge in [0.25, 0.3) is 0 Å². The molecular formula is C16H21N3O3. The Morgan fingerprint density at radius 2 is 2.00 bits per heavy atom. The molecule has 2 amide bonds. The molecule has 0 radical (unpaired) electrons. The molecular weight excluding hydrogens is 282 g/mol. The number of carbonyl (C=O) groups is 2. The molecule has 6 nitrogen and oxygen atoms in total. The summed E-state index contributed by atoms with van der Waals surface area (Å²) in [6.45, 7) is 1.60. The number of hydrogen-bond donors (Lipinski definition) is 2. The molecule has 22 heavy (non-hydrogen) atoms. The Morgan fingerprint density at radius 3 is 2.68 bits per heavy atom. The van der Waals surface area contributed by atoms with Crippen LogP contribution in [0.5, 0.6) is 5.75 Å². The monoisotopic (exact) mass is 303 g/mol. The highest BCUT2D eigenvalue weighted by molar-refractivity contribution is 5.94. The summed E-state index contributed by atoms with van der Waals surface area (Å²) >= 11 is 0. The predicted molar refractivity (Wildman–Crippen MR) is 82.7 cm³/mol. The van der Waals surface area contributed by atoms with E-state index >= 15 is 0 Å². The van der Waals surface area contributed by atoms with Gasteiger partial charge in [0.15, 0.2) is 0 Å². The number of ether oxygens (including phenoxy) is 1. The van der Waals surface area contributed by atoms with Gasteiger partial charge in [-0.2, -0.15) is 0 Å². The van der Waals surface area contributed by atoms with Gasteiger partial charge >= 0.3 is 0 Å². The molecule has 0 spiro atoms. The van der Waals surface area contributed by atoms with Crippen molar-refractivity contribution < 1.29 is 14.3 Å². The van der Waals surface area contributed by atoms with Gasteiger partial charge in [-0.05, 0) is 25.0 Å². The summed E-state index contributed by atoms with van der Waals surface area (Å²) in [6, 6.07) is 7.71. The molecule has 0 bridgehead atoms. The Labute approximate surface area is 129 Å². The molecule has 1 heterocycles. The van der Waals surface area contributed by atoms with Crippen LogP contribution in [0.2, 0.25) is 0 Å². The molecule has 0 atom stereocenters. The number of anilines is 1. The van der Waals surface area contributed by atoms with Crippen molar-refractivity contribution in [2.75, 3.05) is 32.1 Å². The largest absolute Gasteiger partial charge is 0.495 e. The summed E-state index contributed by atoms with van der Waals surface area (Å²) in [4.78, 5) is 25.8. The molecule has 6 heteroatoms. The van der Waals surface area contributed by atoms with Crippen LogP contribution in [0.1, 0.15) is 12.8 Å². The molecule has 1 aromatic carbocycles. The Balaban J connectivity index is 1.42. The molecule has 2 N–H and O–H groups in total. The van der Waals surface area contributed by atoms with Gasteiger partial charge in [0.1, 0.15) is 5.75 Å². The number of hydrogen-bond acceptors (Lipinski definition) is 4. The van der Waals surface area contributed by atoms with Gasteiger partial charge in [0.05, 0.1) is 25.3 Å². The van der Waals surface area contributed by atoms with Gasteiger partial charge in [-0.25, -0.2) is 0 Å². The van der Waals surface area contributed by atoms with Gasteiger partial charge in [-0.1, -0.05) is 12.1 Å². The Kier molecular flexibility index (Phi) is 4.29. The minimum atomic E-state index is -0.0921. The lowest BCUT2D eigenvalue weighted by Gasteiger charge is -2.37. The van der Waals surface area contributed by atoms with E-state index in [1.165, 1.54) is 0 Å². The summed E-state index contributed by atoms with van der Waals surface area (Å²) in [5.41, 5.74) is 0.665. The van der Waals surface area contributed by atoms with E-state index in [1.807, 2.05) is 17.0 Å². The lowest BCUT2D eigenvalue weighted by atomic mass is 9.99. The smallest absolute Gasteiger partial charge is 0.238 e. The zero-order valence-corrected chi connectivity index (χ0v) is 12.7. The van der Waals surface area contributed by atoms with Gasteiger partial charge in [-0.3, -0.25) is 14.5 Å². The maximum absolute atomic E-state index is 12.0. The van der Waals surface area contributed by atoms with E-state index in [9.17, 15) is 9.59 Å². The number of methoxy groups -OCH3 is 1. The van der Waals surface area contributed by atoms with Crippen molar-refractivity contribution in [3.05, 3.63) is 24.3 Å². The maximum atomic E-state index is 12.0. The predicted octanol–water partition coefficient (Wildman–Crippen LogP) is 0.844. The third-order valence-corrected chi connectivity index (χ3v) is 4.00. The number of nitrogens with zero attached hydrogens (tertiary/aromatic N) is 1. The van der Waals surface area contributed by atoms with Crippen molar-refractivity contribution >= 4 is 17.5 Å². The van der Waals surface area contributed by atoms with Crippen molar-refractivity contribution in [1.82, 2.24) is 10.2 Å². The van der Waals surface area contributed by atoms with E-state index in [0.717, 1.165) is 12.8 Å². The van der Waals surface area contributed by atoms with Gasteiger partial charge in [0, 0.05) is 19.1 Å². The number of carbonyl (C=O) groups excluding carboxylic acids is 2. The number of benzene rings is 1. The Bertz CT molecular complexity index is 566. The van der Waals surface area contributed by atoms with Crippen molar-refractivity contribution in [3.63, 3.8) is 0 Å². The van der Waals surface area contributed by atoms with Crippen LogP contribution in [0.15, 0.2) is 24.3 Å². The second-order valence-electron chi connectivity index (χ2n) is 5.92. The number of amides is 2. The number of rotatable bonds is 6. The maximum Gasteiger partial charge on any atom is 0.238 e. The minimum absolute atomic E-state index is 0.0275. The summed E-state index contributed by atoms with van der Waals surface area (Å²) in [7, 11) is 1.57. The molecule has 1 saturated heterocycles. The molecule has 1 aliphatic heterocycles. The zero-order chi connectivity index (χ0) is 15.5. The standard InChI is InChI=1S/C16H21N3O3/c1-22-14-5-3-2-4-13(14)18-15(20)10-19-8-11(9-19)16(21)17-12-6-7-12/h2-5,11-12H,6-10H2,1H3,(H,17,21)(H,18,20). The third kappa shape index (κ3) is 3.57. The molecule has 2 fully saturated rings. The summed E-state index contributed by atoms with van der Waals surface area (Å²) in [5, 5.41) is 5.84. The van der Waals surface area contributed by atoms with E-state index in [-0.39, 0.29) is 17.7 Å². The second-order valence-corrected chi connectivity index (χ2v) is 5.92. The average molecular weight is 303 g/mol. The van der Waals surface area contributed by atoms with Crippen LogP contribution in [0.3, 0.4) is 0 Å². The van der Waals surface area contributed by atoms with Crippen LogP contribution in [0.25, 0.3) is 0 Å². The lowest BCUT2D eigenvalue weighted by Crippen LogP contribution is -2.55. The fraction of sp³-hybridized carbons (Fsp3) is 0.500. The first-order valence-electron chi connectivity index (χ1n) is 7.61. The molecule has 0 aromatic heterocycles. The van der Waals surface area contributed by atoms with Crippen LogP contribution in [-0.2, 0) is 9.59 Å². The second kappa shape index (κ2) is 6.36. The highest BCUT2D eigenvalue weighted by Gasteiger charge is 2.35. The van der Waals surface area contributed by atoms with Crippen molar-refractivity contribution in [1.29, 1.82) is 0 Å². The first-order chi connectivity index (χ1) is 10.7. The summed E-state index contributed by atoms with van der Waals surface area (Å²) < 4.78 is 5.20. The molecule has 1 aromatic rings. The van der Waals surface area contributed by atoms with Gasteiger partial charge in [-0.15, -0.1) is 0 Å². The highest BCUT2D eigenvalue weighted by Crippen LogP contribution is 2.24. The fourth-order valence-corrected chi connectivity index (χ4v) is 2.55. The molecule has 1 aliphatic carbocycles. The first-order valence-corrected chi connectivity index (χ1v) is 7.61. The molecule has 1 saturated carbocycles. The zero-order valence-electron chi connectivity index (χ0n) is 12.7. The fourth-order valence-electron chi connectivity index (χ4n) is 2.55. The topological polar surface area (TPSA) is 70.7 Å². The van der Waals surface area contributed by atoms with Crippen LogP contribution >= 0.6 is 0 Å². The molecule has 3 rings (SSSR count). The van der Waals surface area contributed by atoms with E-state index in [4.69, 9.17) is 4.74 Å². The van der Waals surface area contributed by atoms with Crippen molar-refractivity contribution in [2.24, 2.45) is 5.92 Å². The summed E-state index contributed by atoms with van der Waals surface area (Å²) in [5.74, 6) is 0.704. The lowest BCUT2D eigenvalue weighted by molar-refractivity contribution is -0.132. The van der Waals surface area contributed by atoms with E-state index in [0.29, 0.717) is 37.1 Å². The van der Waals surface area contributed by atoms with Crippen LogP contribution in [0.4, 0.5) is 5.69 Å².